The third-order valence-corrected chi connectivity index (χ3v) is 1.35. The van der Waals surface area contributed by atoms with Gasteiger partial charge in [-0.25, -0.2) is 0 Å². The Labute approximate surface area is 71.9 Å². The number of allylic oxidation sites excluding steroid dienone is 2. The van der Waals surface area contributed by atoms with Crippen molar-refractivity contribution in [3.8, 4) is 5.75 Å². The number of phenols is 1. The zero-order valence-electron chi connectivity index (χ0n) is 6.94. The second kappa shape index (κ2) is 4.34. The monoisotopic (exact) mass is 161 g/mol. The molecule has 0 amide bonds. The van der Waals surface area contributed by atoms with Crippen molar-refractivity contribution in [2.75, 3.05) is 0 Å². The van der Waals surface area contributed by atoms with Crippen LogP contribution in [0.15, 0.2) is 41.4 Å². The summed E-state index contributed by atoms with van der Waals surface area (Å²) in [5, 5.41) is 8.96. The second-order valence-corrected chi connectivity index (χ2v) is 2.32. The zero-order chi connectivity index (χ0) is 8.81. The van der Waals surface area contributed by atoms with Gasteiger partial charge in [0.05, 0.1) is 5.69 Å². The van der Waals surface area contributed by atoms with Crippen molar-refractivity contribution in [2.24, 2.45) is 4.99 Å². The fourth-order valence-corrected chi connectivity index (χ4v) is 0.754. The third-order valence-electron chi connectivity index (χ3n) is 1.35. The molecule has 0 spiro atoms. The molecule has 0 saturated heterocycles. The predicted molar refractivity (Wildman–Crippen MR) is 51.1 cm³/mol. The Kier molecular flexibility index (Phi) is 3.08. The molecule has 0 saturated carbocycles. The van der Waals surface area contributed by atoms with E-state index in [4.69, 9.17) is 5.11 Å². The van der Waals surface area contributed by atoms with E-state index in [0.29, 0.717) is 0 Å². The van der Waals surface area contributed by atoms with Gasteiger partial charge in [-0.15, -0.1) is 0 Å². The normalized spacial score (nSPS) is 11.4. The first-order chi connectivity index (χ1) is 5.83. The Bertz CT molecular complexity index is 285. The molecule has 0 aromatic heterocycles. The molecule has 0 heterocycles. The van der Waals surface area contributed by atoms with Gasteiger partial charge in [0.2, 0.25) is 0 Å². The topological polar surface area (TPSA) is 32.6 Å². The van der Waals surface area contributed by atoms with Gasteiger partial charge in [-0.2, -0.15) is 0 Å². The molecule has 2 nitrogen and oxygen atoms in total. The van der Waals surface area contributed by atoms with E-state index in [9.17, 15) is 0 Å². The van der Waals surface area contributed by atoms with Crippen LogP contribution in [0.1, 0.15) is 6.92 Å². The minimum absolute atomic E-state index is 0.264. The summed E-state index contributed by atoms with van der Waals surface area (Å²) in [5.74, 6) is 0.264. The number of hydrogen-bond donors (Lipinski definition) is 1. The quantitative estimate of drug-likeness (QED) is 0.664. The Hall–Kier alpha value is -1.57. The van der Waals surface area contributed by atoms with E-state index in [1.165, 1.54) is 0 Å². The molecule has 0 aliphatic rings. The first-order valence-corrected chi connectivity index (χ1v) is 3.77. The Morgan fingerprint density at radius 3 is 2.50 bits per heavy atom. The van der Waals surface area contributed by atoms with Gasteiger partial charge in [-0.05, 0) is 37.3 Å². The number of benzene rings is 1. The van der Waals surface area contributed by atoms with Gasteiger partial charge in [-0.1, -0.05) is 6.08 Å². The largest absolute Gasteiger partial charge is 0.508 e. The van der Waals surface area contributed by atoms with Crippen LogP contribution in [0, 0.1) is 0 Å². The highest BCUT2D eigenvalue weighted by atomic mass is 16.3. The van der Waals surface area contributed by atoms with E-state index in [2.05, 4.69) is 4.99 Å². The smallest absolute Gasteiger partial charge is 0.115 e. The van der Waals surface area contributed by atoms with Crippen molar-refractivity contribution in [3.05, 3.63) is 36.4 Å². The number of nitrogens with zero attached hydrogens (tertiary/aromatic N) is 1. The van der Waals surface area contributed by atoms with Crippen LogP contribution in [0.3, 0.4) is 0 Å². The molecular weight excluding hydrogens is 150 g/mol. The molecular formula is C10H11NO. The lowest BCUT2D eigenvalue weighted by Crippen LogP contribution is -1.66. The lowest BCUT2D eigenvalue weighted by molar-refractivity contribution is 0.475. The van der Waals surface area contributed by atoms with E-state index in [1.54, 1.807) is 30.5 Å². The lowest BCUT2D eigenvalue weighted by Gasteiger charge is -1.91. The fourth-order valence-electron chi connectivity index (χ4n) is 0.754. The molecule has 0 radical (unpaired) electrons. The minimum Gasteiger partial charge on any atom is -0.508 e. The number of rotatable bonds is 2. The maximum absolute atomic E-state index is 8.96. The van der Waals surface area contributed by atoms with Gasteiger partial charge in [-0.3, -0.25) is 4.99 Å². The Balaban J connectivity index is 2.70. The molecule has 0 unspecified atom stereocenters. The summed E-state index contributed by atoms with van der Waals surface area (Å²) in [5.41, 5.74) is 0.839. The Morgan fingerprint density at radius 2 is 1.92 bits per heavy atom. The van der Waals surface area contributed by atoms with Crippen LogP contribution >= 0.6 is 0 Å². The van der Waals surface area contributed by atoms with Crippen molar-refractivity contribution in [2.45, 2.75) is 6.92 Å². The Morgan fingerprint density at radius 1 is 1.25 bits per heavy atom. The third kappa shape index (κ3) is 2.58. The molecule has 0 aliphatic carbocycles. The highest BCUT2D eigenvalue weighted by Crippen LogP contribution is 2.15. The highest BCUT2D eigenvalue weighted by molar-refractivity contribution is 5.74. The summed E-state index contributed by atoms with van der Waals surface area (Å²) in [4.78, 5) is 4.11. The molecule has 0 bridgehead atoms. The molecule has 2 heteroatoms. The summed E-state index contributed by atoms with van der Waals surface area (Å²) < 4.78 is 0. The maximum atomic E-state index is 8.96. The minimum atomic E-state index is 0.264. The van der Waals surface area contributed by atoms with Crippen LogP contribution in [0.2, 0.25) is 0 Å². The van der Waals surface area contributed by atoms with Crippen LogP contribution in [0.4, 0.5) is 5.69 Å². The highest BCUT2D eigenvalue weighted by Gasteiger charge is 1.86. The van der Waals surface area contributed by atoms with Gasteiger partial charge in [0.15, 0.2) is 0 Å². The molecule has 0 aliphatic heterocycles. The second-order valence-electron chi connectivity index (χ2n) is 2.32. The lowest BCUT2D eigenvalue weighted by atomic mass is 10.3. The van der Waals surface area contributed by atoms with Gasteiger partial charge in [0, 0.05) is 6.21 Å². The molecule has 0 fully saturated rings. The standard InChI is InChI=1S/C10H11NO/c1-2-3-8-11-9-4-6-10(12)7-5-9/h2-8,12H,1H3/b3-2+,11-8?. The van der Waals surface area contributed by atoms with Crippen molar-refractivity contribution < 1.29 is 5.11 Å². The van der Waals surface area contributed by atoms with E-state index in [-0.39, 0.29) is 5.75 Å². The summed E-state index contributed by atoms with van der Waals surface area (Å²) in [6.45, 7) is 1.93. The molecule has 1 aromatic rings. The van der Waals surface area contributed by atoms with Gasteiger partial charge in [0.25, 0.3) is 0 Å². The first kappa shape index (κ1) is 8.53. The van der Waals surface area contributed by atoms with Crippen LogP contribution in [-0.4, -0.2) is 11.3 Å². The van der Waals surface area contributed by atoms with Crippen LogP contribution < -0.4 is 0 Å². The van der Waals surface area contributed by atoms with Gasteiger partial charge in [0.1, 0.15) is 5.75 Å². The van der Waals surface area contributed by atoms with E-state index in [1.807, 2.05) is 19.1 Å². The van der Waals surface area contributed by atoms with Crippen LogP contribution in [0.25, 0.3) is 0 Å². The maximum Gasteiger partial charge on any atom is 0.115 e. The van der Waals surface area contributed by atoms with Crippen molar-refractivity contribution in [3.63, 3.8) is 0 Å². The first-order valence-electron chi connectivity index (χ1n) is 3.77. The zero-order valence-corrected chi connectivity index (χ0v) is 6.94. The number of hydrogen-bond acceptors (Lipinski definition) is 2. The van der Waals surface area contributed by atoms with E-state index < -0.39 is 0 Å². The summed E-state index contributed by atoms with van der Waals surface area (Å²) >= 11 is 0. The van der Waals surface area contributed by atoms with E-state index in [0.717, 1.165) is 5.69 Å². The molecule has 0 atom stereocenters. The fraction of sp³-hybridized carbons (Fsp3) is 0.100. The van der Waals surface area contributed by atoms with Gasteiger partial charge >= 0.3 is 0 Å². The number of aromatic hydroxyl groups is 1. The SMILES string of the molecule is C/C=C/C=Nc1ccc(O)cc1. The average molecular weight is 161 g/mol. The summed E-state index contributed by atoms with van der Waals surface area (Å²) in [6, 6.07) is 6.75. The number of phenolic OH excluding ortho intramolecular Hbond substituents is 1. The van der Waals surface area contributed by atoms with E-state index >= 15 is 0 Å². The average Bonchev–Trinajstić information content (AvgIpc) is 2.09. The summed E-state index contributed by atoms with van der Waals surface area (Å²) in [6.07, 6.45) is 5.48. The predicted octanol–water partition coefficient (Wildman–Crippen LogP) is 2.67. The van der Waals surface area contributed by atoms with Crippen molar-refractivity contribution in [1.29, 1.82) is 0 Å². The molecule has 62 valence electrons. The molecule has 1 aromatic carbocycles. The molecule has 12 heavy (non-hydrogen) atoms. The van der Waals surface area contributed by atoms with Crippen LogP contribution in [-0.2, 0) is 0 Å². The number of aliphatic imine (C=N–C) groups is 1. The molecule has 1 N–H and O–H groups in total. The molecule has 1 rings (SSSR count). The van der Waals surface area contributed by atoms with Crippen LogP contribution in [0.5, 0.6) is 5.75 Å². The summed E-state index contributed by atoms with van der Waals surface area (Å²) in [7, 11) is 0. The van der Waals surface area contributed by atoms with Crippen molar-refractivity contribution in [1.82, 2.24) is 0 Å². The van der Waals surface area contributed by atoms with Crippen molar-refractivity contribution >= 4 is 11.9 Å². The van der Waals surface area contributed by atoms with Gasteiger partial charge < -0.3 is 5.11 Å².